The Kier molecular flexibility index (Phi) is 2.50. The predicted molar refractivity (Wildman–Crippen MR) is 62.8 cm³/mol. The number of pyridine rings is 1. The van der Waals surface area contributed by atoms with Gasteiger partial charge in [-0.15, -0.1) is 0 Å². The van der Waals surface area contributed by atoms with Crippen LogP contribution in [0.1, 0.15) is 36.7 Å². The number of nitrogens with zero attached hydrogens (tertiary/aromatic N) is 2. The summed E-state index contributed by atoms with van der Waals surface area (Å²) in [7, 11) is 0. The van der Waals surface area contributed by atoms with Crippen LogP contribution in [-0.2, 0) is 0 Å². The van der Waals surface area contributed by atoms with Crippen molar-refractivity contribution >= 4 is 0 Å². The molecule has 4 nitrogen and oxygen atoms in total. The first-order valence-electron chi connectivity index (χ1n) is 5.37. The Hall–Kier alpha value is -1.71. The molecule has 2 aliphatic heterocycles. The number of nitrogens with one attached hydrogen (secondary N) is 1. The fourth-order valence-corrected chi connectivity index (χ4v) is 1.62. The summed E-state index contributed by atoms with van der Waals surface area (Å²) in [5, 5.41) is 0. The van der Waals surface area contributed by atoms with Gasteiger partial charge >= 0.3 is 0 Å². The molecule has 0 spiro atoms. The van der Waals surface area contributed by atoms with E-state index in [1.54, 1.807) is 0 Å². The molecular formula is C12H15N3O. The van der Waals surface area contributed by atoms with Gasteiger partial charge in [0, 0.05) is 11.3 Å². The van der Waals surface area contributed by atoms with Crippen LogP contribution in [0.5, 0.6) is 0 Å². The maximum atomic E-state index is 11.7. The molecule has 0 saturated heterocycles. The van der Waals surface area contributed by atoms with Gasteiger partial charge in [0.25, 0.3) is 5.56 Å². The molecule has 0 saturated carbocycles. The maximum absolute atomic E-state index is 11.7. The van der Waals surface area contributed by atoms with E-state index in [0.29, 0.717) is 5.82 Å². The SMILES string of the molecule is Cc1nc2cc(C(C)C)c(=O)nc-2[nH]c1C. The van der Waals surface area contributed by atoms with E-state index in [4.69, 9.17) is 0 Å². The van der Waals surface area contributed by atoms with Crippen molar-refractivity contribution in [3.63, 3.8) is 0 Å². The van der Waals surface area contributed by atoms with Crippen LogP contribution in [0.25, 0.3) is 11.5 Å². The van der Waals surface area contributed by atoms with Gasteiger partial charge in [0.1, 0.15) is 5.69 Å². The number of fused-ring (bicyclic) bond motifs is 1. The van der Waals surface area contributed by atoms with Crippen molar-refractivity contribution in [1.29, 1.82) is 0 Å². The molecule has 0 aromatic rings. The minimum atomic E-state index is -0.163. The number of aryl methyl sites for hydroxylation is 2. The molecule has 0 aliphatic carbocycles. The van der Waals surface area contributed by atoms with E-state index in [1.807, 2.05) is 33.8 Å². The smallest absolute Gasteiger partial charge is 0.275 e. The van der Waals surface area contributed by atoms with Crippen molar-refractivity contribution < 1.29 is 0 Å². The van der Waals surface area contributed by atoms with Gasteiger partial charge < -0.3 is 4.98 Å². The molecule has 0 fully saturated rings. The molecule has 84 valence electrons. The van der Waals surface area contributed by atoms with E-state index in [9.17, 15) is 4.79 Å². The van der Waals surface area contributed by atoms with Crippen LogP contribution in [0.3, 0.4) is 0 Å². The van der Waals surface area contributed by atoms with Crippen LogP contribution in [0.15, 0.2) is 10.9 Å². The highest BCUT2D eigenvalue weighted by molar-refractivity contribution is 5.52. The van der Waals surface area contributed by atoms with Gasteiger partial charge in [-0.2, -0.15) is 4.98 Å². The number of rotatable bonds is 1. The summed E-state index contributed by atoms with van der Waals surface area (Å²) in [5.74, 6) is 0.741. The predicted octanol–water partition coefficient (Wildman–Crippen LogP) is 2.01. The Morgan fingerprint density at radius 3 is 2.56 bits per heavy atom. The standard InChI is InChI=1S/C12H15N3O/c1-6(2)9-5-10-11(15-12(9)16)14-8(4)7(3)13-10/h5-6H,1-4H3,(H,14,15,16). The molecule has 0 atom stereocenters. The second kappa shape index (κ2) is 3.70. The molecule has 2 heterocycles. The van der Waals surface area contributed by atoms with Gasteiger partial charge in [-0.25, -0.2) is 4.98 Å². The third-order valence-corrected chi connectivity index (χ3v) is 2.75. The maximum Gasteiger partial charge on any atom is 0.275 e. The fourth-order valence-electron chi connectivity index (χ4n) is 1.62. The third-order valence-electron chi connectivity index (χ3n) is 2.75. The molecule has 0 radical (unpaired) electrons. The third kappa shape index (κ3) is 1.71. The Balaban J connectivity index is 2.76. The van der Waals surface area contributed by atoms with Gasteiger partial charge in [0.15, 0.2) is 5.82 Å². The van der Waals surface area contributed by atoms with Crippen LogP contribution < -0.4 is 5.56 Å². The van der Waals surface area contributed by atoms with Crippen molar-refractivity contribution in [1.82, 2.24) is 15.0 Å². The highest BCUT2D eigenvalue weighted by atomic mass is 16.1. The summed E-state index contributed by atoms with van der Waals surface area (Å²) in [6, 6.07) is 1.83. The Morgan fingerprint density at radius 1 is 1.25 bits per heavy atom. The average Bonchev–Trinajstić information content (AvgIpc) is 2.19. The van der Waals surface area contributed by atoms with Crippen molar-refractivity contribution in [3.05, 3.63) is 33.4 Å². The van der Waals surface area contributed by atoms with Crippen LogP contribution in [0.2, 0.25) is 0 Å². The molecule has 0 aromatic carbocycles. The fraction of sp³-hybridized carbons (Fsp3) is 0.417. The van der Waals surface area contributed by atoms with Crippen molar-refractivity contribution in [2.45, 2.75) is 33.6 Å². The lowest BCUT2D eigenvalue weighted by molar-refractivity contribution is 0.836. The van der Waals surface area contributed by atoms with Gasteiger partial charge in [0.2, 0.25) is 0 Å². The Bertz CT molecular complexity index is 557. The Morgan fingerprint density at radius 2 is 1.94 bits per heavy atom. The van der Waals surface area contributed by atoms with Crippen molar-refractivity contribution in [3.8, 4) is 11.5 Å². The highest BCUT2D eigenvalue weighted by Gasteiger charge is 2.14. The lowest BCUT2D eigenvalue weighted by atomic mass is 10.0. The number of hydrogen-bond donors (Lipinski definition) is 1. The van der Waals surface area contributed by atoms with Crippen molar-refractivity contribution in [2.75, 3.05) is 0 Å². The molecule has 4 heteroatoms. The summed E-state index contributed by atoms with van der Waals surface area (Å²) < 4.78 is 0. The summed E-state index contributed by atoms with van der Waals surface area (Å²) >= 11 is 0. The summed E-state index contributed by atoms with van der Waals surface area (Å²) in [6.45, 7) is 7.82. The number of H-pyrrole nitrogens is 1. The molecule has 0 amide bonds. The van der Waals surface area contributed by atoms with E-state index in [0.717, 1.165) is 22.6 Å². The molecule has 1 N–H and O–H groups in total. The van der Waals surface area contributed by atoms with Gasteiger partial charge in [-0.3, -0.25) is 4.79 Å². The number of aromatic amines is 1. The zero-order valence-corrected chi connectivity index (χ0v) is 9.96. The molecule has 0 bridgehead atoms. The average molecular weight is 217 g/mol. The minimum Gasteiger partial charge on any atom is -0.340 e. The van der Waals surface area contributed by atoms with Crippen molar-refractivity contribution in [2.24, 2.45) is 0 Å². The number of hydrogen-bond acceptors (Lipinski definition) is 3. The van der Waals surface area contributed by atoms with E-state index in [-0.39, 0.29) is 11.5 Å². The van der Waals surface area contributed by atoms with E-state index in [2.05, 4.69) is 15.0 Å². The molecule has 16 heavy (non-hydrogen) atoms. The van der Waals surface area contributed by atoms with Gasteiger partial charge in [0.05, 0.1) is 5.69 Å². The van der Waals surface area contributed by atoms with Crippen LogP contribution >= 0.6 is 0 Å². The first kappa shape index (κ1) is 10.8. The second-order valence-corrected chi connectivity index (χ2v) is 4.35. The van der Waals surface area contributed by atoms with Crippen LogP contribution in [0, 0.1) is 13.8 Å². The first-order chi connectivity index (χ1) is 7.49. The van der Waals surface area contributed by atoms with E-state index < -0.39 is 0 Å². The Labute approximate surface area is 94.1 Å². The van der Waals surface area contributed by atoms with Gasteiger partial charge in [-0.05, 0) is 25.8 Å². The van der Waals surface area contributed by atoms with E-state index in [1.165, 1.54) is 0 Å². The molecule has 0 unspecified atom stereocenters. The second-order valence-electron chi connectivity index (χ2n) is 4.35. The van der Waals surface area contributed by atoms with E-state index >= 15 is 0 Å². The normalized spacial score (nSPS) is 11.3. The zero-order chi connectivity index (χ0) is 11.9. The lowest BCUT2D eigenvalue weighted by Gasteiger charge is -2.10. The van der Waals surface area contributed by atoms with Crippen LogP contribution in [0.4, 0.5) is 0 Å². The molecule has 2 rings (SSSR count). The number of aromatic nitrogens is 3. The minimum absolute atomic E-state index is 0.163. The monoisotopic (exact) mass is 217 g/mol. The highest BCUT2D eigenvalue weighted by Crippen LogP contribution is 2.19. The summed E-state index contributed by atoms with van der Waals surface area (Å²) in [6.07, 6.45) is 0. The first-order valence-corrected chi connectivity index (χ1v) is 5.37. The largest absolute Gasteiger partial charge is 0.340 e. The molecule has 2 aliphatic rings. The topological polar surface area (TPSA) is 58.6 Å². The summed E-state index contributed by atoms with van der Waals surface area (Å²) in [5.41, 5.74) is 3.19. The quantitative estimate of drug-likeness (QED) is 0.794. The lowest BCUT2D eigenvalue weighted by Crippen LogP contribution is -2.17. The van der Waals surface area contributed by atoms with Crippen LogP contribution in [-0.4, -0.2) is 15.0 Å². The zero-order valence-electron chi connectivity index (χ0n) is 9.96. The van der Waals surface area contributed by atoms with Gasteiger partial charge in [-0.1, -0.05) is 13.8 Å². The molecular weight excluding hydrogens is 202 g/mol. The summed E-state index contributed by atoms with van der Waals surface area (Å²) in [4.78, 5) is 23.3. The molecule has 0 aromatic heterocycles.